The van der Waals surface area contributed by atoms with Crippen molar-refractivity contribution < 1.29 is 14.3 Å². The lowest BCUT2D eigenvalue weighted by Crippen LogP contribution is -2.37. The highest BCUT2D eigenvalue weighted by Crippen LogP contribution is 2.29. The Bertz CT molecular complexity index is 1180. The molecule has 0 aliphatic rings. The van der Waals surface area contributed by atoms with E-state index in [9.17, 15) is 14.4 Å². The molecule has 170 valence electrons. The molecule has 3 aromatic rings. The molecule has 0 atom stereocenters. The number of para-hydroxylation sites is 2. The third-order valence-electron chi connectivity index (χ3n) is 5.12. The molecule has 0 saturated carbocycles. The Kier molecular flexibility index (Phi) is 7.63. The van der Waals surface area contributed by atoms with E-state index in [2.05, 4.69) is 10.3 Å². The van der Waals surface area contributed by atoms with Crippen LogP contribution >= 0.6 is 11.3 Å². The molecule has 2 heterocycles. The number of ether oxygens (including phenoxy) is 1. The van der Waals surface area contributed by atoms with E-state index in [4.69, 9.17) is 4.74 Å². The van der Waals surface area contributed by atoms with Gasteiger partial charge in [-0.15, -0.1) is 11.3 Å². The summed E-state index contributed by atoms with van der Waals surface area (Å²) in [6.45, 7) is 7.00. The minimum Gasteiger partial charge on any atom is -0.495 e. The first-order valence-corrected chi connectivity index (χ1v) is 11.4. The number of carbonyl (C=O) groups excluding carboxylic acids is 2. The van der Waals surface area contributed by atoms with Gasteiger partial charge in [-0.2, -0.15) is 0 Å². The molecule has 0 saturated heterocycles. The summed E-state index contributed by atoms with van der Waals surface area (Å²) in [5.41, 5.74) is 0.775. The fourth-order valence-electron chi connectivity index (χ4n) is 3.56. The number of hydrogen-bond donors (Lipinski definition) is 1. The maximum absolute atomic E-state index is 13.1. The van der Waals surface area contributed by atoms with Crippen LogP contribution in [-0.2, 0) is 11.3 Å². The molecule has 9 heteroatoms. The van der Waals surface area contributed by atoms with Crippen molar-refractivity contribution in [2.24, 2.45) is 0 Å². The maximum Gasteiger partial charge on any atom is 0.266 e. The van der Waals surface area contributed by atoms with Crippen LogP contribution in [0.4, 0.5) is 5.69 Å². The average Bonchev–Trinajstić information content (AvgIpc) is 3.13. The summed E-state index contributed by atoms with van der Waals surface area (Å²) in [7, 11) is 1.53. The molecular weight excluding hydrogens is 428 g/mol. The molecule has 0 unspecified atom stereocenters. The second kappa shape index (κ2) is 10.4. The number of nitrogens with zero attached hydrogens (tertiary/aromatic N) is 3. The van der Waals surface area contributed by atoms with Crippen LogP contribution in [0.3, 0.4) is 0 Å². The largest absolute Gasteiger partial charge is 0.495 e. The zero-order valence-electron chi connectivity index (χ0n) is 18.8. The number of aryl methyl sites for hydroxylation is 1. The number of amides is 2. The Morgan fingerprint density at radius 2 is 1.88 bits per heavy atom. The topological polar surface area (TPSA) is 93.5 Å². The molecule has 32 heavy (non-hydrogen) atoms. The first-order valence-electron chi connectivity index (χ1n) is 10.6. The van der Waals surface area contributed by atoms with Crippen molar-refractivity contribution >= 4 is 39.1 Å². The van der Waals surface area contributed by atoms with Crippen LogP contribution in [0.1, 0.15) is 41.9 Å². The Balaban J connectivity index is 1.90. The molecule has 0 aliphatic carbocycles. The Morgan fingerprint density at radius 1 is 1.19 bits per heavy atom. The first kappa shape index (κ1) is 23.5. The summed E-state index contributed by atoms with van der Waals surface area (Å²) in [4.78, 5) is 45.8. The predicted molar refractivity (Wildman–Crippen MR) is 127 cm³/mol. The highest BCUT2D eigenvalue weighted by atomic mass is 32.1. The third kappa shape index (κ3) is 4.83. The van der Waals surface area contributed by atoms with Crippen molar-refractivity contribution in [1.29, 1.82) is 0 Å². The number of anilines is 1. The molecule has 1 aromatic carbocycles. The quantitative estimate of drug-likeness (QED) is 0.530. The van der Waals surface area contributed by atoms with Gasteiger partial charge in [0.05, 0.1) is 29.4 Å². The van der Waals surface area contributed by atoms with Gasteiger partial charge in [0.25, 0.3) is 11.5 Å². The zero-order valence-corrected chi connectivity index (χ0v) is 19.6. The van der Waals surface area contributed by atoms with E-state index in [0.29, 0.717) is 45.2 Å². The Morgan fingerprint density at radius 3 is 2.53 bits per heavy atom. The van der Waals surface area contributed by atoms with Crippen LogP contribution in [-0.4, -0.2) is 46.5 Å². The monoisotopic (exact) mass is 456 g/mol. The molecular formula is C23H28N4O4S. The van der Waals surface area contributed by atoms with Crippen LogP contribution < -0.4 is 15.6 Å². The second-order valence-electron chi connectivity index (χ2n) is 7.45. The zero-order chi connectivity index (χ0) is 23.3. The highest BCUT2D eigenvalue weighted by Gasteiger charge is 2.21. The van der Waals surface area contributed by atoms with Gasteiger partial charge in [-0.25, -0.2) is 4.98 Å². The van der Waals surface area contributed by atoms with E-state index in [-0.39, 0.29) is 23.9 Å². The summed E-state index contributed by atoms with van der Waals surface area (Å²) < 4.78 is 6.61. The van der Waals surface area contributed by atoms with Gasteiger partial charge < -0.3 is 15.0 Å². The van der Waals surface area contributed by atoms with E-state index in [1.165, 1.54) is 18.0 Å². The van der Waals surface area contributed by atoms with Crippen molar-refractivity contribution in [3.8, 4) is 5.75 Å². The van der Waals surface area contributed by atoms with E-state index in [1.54, 1.807) is 30.0 Å². The number of fused-ring (bicyclic) bond motifs is 1. The van der Waals surface area contributed by atoms with Crippen LogP contribution in [0.5, 0.6) is 5.75 Å². The number of benzene rings is 1. The van der Waals surface area contributed by atoms with Gasteiger partial charge in [0, 0.05) is 13.1 Å². The summed E-state index contributed by atoms with van der Waals surface area (Å²) in [6, 6.07) is 7.11. The van der Waals surface area contributed by atoms with Gasteiger partial charge in [0.1, 0.15) is 17.1 Å². The van der Waals surface area contributed by atoms with Gasteiger partial charge in [-0.3, -0.25) is 19.0 Å². The molecule has 0 spiro atoms. The van der Waals surface area contributed by atoms with Crippen LogP contribution in [0.15, 0.2) is 35.4 Å². The van der Waals surface area contributed by atoms with Gasteiger partial charge in [-0.1, -0.05) is 26.0 Å². The predicted octanol–water partition coefficient (Wildman–Crippen LogP) is 3.68. The van der Waals surface area contributed by atoms with Crippen molar-refractivity contribution in [1.82, 2.24) is 14.5 Å². The fourth-order valence-corrected chi connectivity index (χ4v) is 4.60. The van der Waals surface area contributed by atoms with E-state index in [0.717, 1.165) is 24.2 Å². The van der Waals surface area contributed by atoms with Gasteiger partial charge >= 0.3 is 0 Å². The van der Waals surface area contributed by atoms with E-state index in [1.807, 2.05) is 19.9 Å². The number of carbonyl (C=O) groups is 2. The lowest BCUT2D eigenvalue weighted by atomic mass is 10.2. The summed E-state index contributed by atoms with van der Waals surface area (Å²) >= 11 is 1.16. The van der Waals surface area contributed by atoms with Crippen LogP contribution in [0.2, 0.25) is 0 Å². The summed E-state index contributed by atoms with van der Waals surface area (Å²) in [5, 5.41) is 3.21. The minimum atomic E-state index is -0.339. The second-order valence-corrected chi connectivity index (χ2v) is 8.45. The number of hydrogen-bond acceptors (Lipinski definition) is 6. The standard InChI is InChI=1S/C23H28N4O4S/c1-5-11-26(12-6-2)18(28)13-27-14-24-22-19(23(27)30)15(3)20(32-22)21(29)25-16-9-7-8-10-17(16)31-4/h7-10,14H,5-6,11-13H2,1-4H3,(H,25,29). The number of thiophene rings is 1. The lowest BCUT2D eigenvalue weighted by Gasteiger charge is -2.21. The molecule has 0 aliphatic heterocycles. The first-order chi connectivity index (χ1) is 15.4. The SMILES string of the molecule is CCCN(CCC)C(=O)Cn1cnc2sc(C(=O)Nc3ccccc3OC)c(C)c2c1=O. The average molecular weight is 457 g/mol. The number of aromatic nitrogens is 2. The number of methoxy groups -OCH3 is 1. The van der Waals surface area contributed by atoms with Gasteiger partial charge in [0.2, 0.25) is 5.91 Å². The fraction of sp³-hybridized carbons (Fsp3) is 0.391. The molecule has 0 radical (unpaired) electrons. The molecule has 3 rings (SSSR count). The van der Waals surface area contributed by atoms with Gasteiger partial charge in [-0.05, 0) is 37.5 Å². The molecule has 8 nitrogen and oxygen atoms in total. The van der Waals surface area contributed by atoms with Crippen molar-refractivity contribution in [3.05, 3.63) is 51.4 Å². The molecule has 0 bridgehead atoms. The summed E-state index contributed by atoms with van der Waals surface area (Å²) in [5.74, 6) is 0.0929. The number of nitrogens with one attached hydrogen (secondary N) is 1. The third-order valence-corrected chi connectivity index (χ3v) is 6.32. The maximum atomic E-state index is 13.1. The van der Waals surface area contributed by atoms with E-state index < -0.39 is 0 Å². The molecule has 1 N–H and O–H groups in total. The van der Waals surface area contributed by atoms with Crippen molar-refractivity contribution in [3.63, 3.8) is 0 Å². The normalized spacial score (nSPS) is 10.9. The smallest absolute Gasteiger partial charge is 0.266 e. The van der Waals surface area contributed by atoms with E-state index >= 15 is 0 Å². The molecule has 0 fully saturated rings. The Hall–Kier alpha value is -3.20. The Labute approximate surface area is 190 Å². The number of rotatable bonds is 9. The van der Waals surface area contributed by atoms with Crippen molar-refractivity contribution in [2.75, 3.05) is 25.5 Å². The summed E-state index contributed by atoms with van der Waals surface area (Å²) in [6.07, 6.45) is 3.09. The van der Waals surface area contributed by atoms with Crippen LogP contribution in [0.25, 0.3) is 10.2 Å². The van der Waals surface area contributed by atoms with Crippen molar-refractivity contribution in [2.45, 2.75) is 40.2 Å². The highest BCUT2D eigenvalue weighted by molar-refractivity contribution is 7.20. The molecule has 2 aromatic heterocycles. The van der Waals surface area contributed by atoms with Gasteiger partial charge in [0.15, 0.2) is 0 Å². The lowest BCUT2D eigenvalue weighted by molar-refractivity contribution is -0.132. The molecule has 2 amide bonds. The van der Waals surface area contributed by atoms with Crippen LogP contribution in [0, 0.1) is 6.92 Å². The minimum absolute atomic E-state index is 0.0696.